The number of allylic oxidation sites excluding steroid dienone is 1. The number of anilines is 1. The minimum absolute atomic E-state index is 0.919. The summed E-state index contributed by atoms with van der Waals surface area (Å²) in [5, 5.41) is 0. The van der Waals surface area contributed by atoms with E-state index in [2.05, 4.69) is 41.5 Å². The summed E-state index contributed by atoms with van der Waals surface area (Å²) in [5.41, 5.74) is 3.38. The first-order chi connectivity index (χ1) is 9.15. The fourth-order valence-electron chi connectivity index (χ4n) is 2.55. The molecule has 0 unspecified atom stereocenters. The highest BCUT2D eigenvalue weighted by molar-refractivity contribution is 5.70. The minimum Gasteiger partial charge on any atom is -0.496 e. The summed E-state index contributed by atoms with van der Waals surface area (Å²) in [6.07, 6.45) is 0. The third kappa shape index (κ3) is 3.10. The van der Waals surface area contributed by atoms with Gasteiger partial charge in [-0.2, -0.15) is 0 Å². The van der Waals surface area contributed by atoms with E-state index in [1.165, 1.54) is 5.69 Å². The summed E-state index contributed by atoms with van der Waals surface area (Å²) >= 11 is 0. The second-order valence-corrected chi connectivity index (χ2v) is 5.09. The second kappa shape index (κ2) is 6.11. The van der Waals surface area contributed by atoms with Crippen molar-refractivity contribution in [3.8, 4) is 5.75 Å². The van der Waals surface area contributed by atoms with Crippen LogP contribution in [0.5, 0.6) is 5.75 Å². The average Bonchev–Trinajstić information content (AvgIpc) is 2.46. The summed E-state index contributed by atoms with van der Waals surface area (Å²) < 4.78 is 5.48. The van der Waals surface area contributed by atoms with Crippen molar-refractivity contribution >= 4 is 11.3 Å². The molecule has 1 aliphatic rings. The first-order valence-electron chi connectivity index (χ1n) is 6.97. The third-order valence-corrected chi connectivity index (χ3v) is 3.83. The van der Waals surface area contributed by atoms with Gasteiger partial charge in [-0.25, -0.2) is 0 Å². The van der Waals surface area contributed by atoms with Crippen molar-refractivity contribution in [3.05, 3.63) is 30.3 Å². The molecule has 0 aromatic heterocycles. The number of piperazine rings is 1. The summed E-state index contributed by atoms with van der Waals surface area (Å²) in [6, 6.07) is 6.42. The molecular weight excluding hydrogens is 236 g/mol. The van der Waals surface area contributed by atoms with Gasteiger partial charge in [-0.15, -0.1) is 0 Å². The topological polar surface area (TPSA) is 15.7 Å². The van der Waals surface area contributed by atoms with Crippen LogP contribution in [0.1, 0.15) is 19.4 Å². The van der Waals surface area contributed by atoms with Crippen molar-refractivity contribution in [2.24, 2.45) is 0 Å². The summed E-state index contributed by atoms with van der Waals surface area (Å²) in [4.78, 5) is 4.91. The van der Waals surface area contributed by atoms with E-state index in [-0.39, 0.29) is 0 Å². The lowest BCUT2D eigenvalue weighted by Crippen LogP contribution is -2.46. The van der Waals surface area contributed by atoms with Crippen LogP contribution in [-0.2, 0) is 0 Å². The normalized spacial score (nSPS) is 16.5. The molecule has 0 spiro atoms. The van der Waals surface area contributed by atoms with Crippen LogP contribution in [0.2, 0.25) is 0 Å². The molecule has 0 atom stereocenters. The Morgan fingerprint density at radius 2 is 1.95 bits per heavy atom. The molecule has 0 aliphatic carbocycles. The van der Waals surface area contributed by atoms with Crippen LogP contribution in [0.25, 0.3) is 5.57 Å². The maximum atomic E-state index is 5.48. The molecule has 1 aliphatic heterocycles. The van der Waals surface area contributed by atoms with Crippen molar-refractivity contribution in [2.45, 2.75) is 13.8 Å². The van der Waals surface area contributed by atoms with Gasteiger partial charge in [-0.05, 0) is 31.2 Å². The molecule has 1 fully saturated rings. The molecule has 0 amide bonds. The molecule has 3 heteroatoms. The Morgan fingerprint density at radius 3 is 2.47 bits per heavy atom. The number of hydrogen-bond donors (Lipinski definition) is 0. The van der Waals surface area contributed by atoms with Gasteiger partial charge in [0.25, 0.3) is 0 Å². The molecule has 1 aromatic rings. The van der Waals surface area contributed by atoms with Crippen LogP contribution < -0.4 is 9.64 Å². The number of rotatable bonds is 4. The van der Waals surface area contributed by atoms with Gasteiger partial charge in [0, 0.05) is 43.5 Å². The van der Waals surface area contributed by atoms with Gasteiger partial charge in [0.15, 0.2) is 0 Å². The highest BCUT2D eigenvalue weighted by atomic mass is 16.5. The Balaban J connectivity index is 2.15. The average molecular weight is 260 g/mol. The van der Waals surface area contributed by atoms with Crippen LogP contribution >= 0.6 is 0 Å². The lowest BCUT2D eigenvalue weighted by molar-refractivity contribution is 0.271. The van der Waals surface area contributed by atoms with Crippen LogP contribution in [-0.4, -0.2) is 44.7 Å². The Morgan fingerprint density at radius 1 is 1.26 bits per heavy atom. The van der Waals surface area contributed by atoms with Crippen molar-refractivity contribution in [1.82, 2.24) is 4.90 Å². The maximum absolute atomic E-state index is 5.48. The lowest BCUT2D eigenvalue weighted by Gasteiger charge is -2.35. The van der Waals surface area contributed by atoms with E-state index in [1.807, 2.05) is 6.92 Å². The van der Waals surface area contributed by atoms with E-state index in [0.717, 1.165) is 49.6 Å². The molecule has 3 nitrogen and oxygen atoms in total. The lowest BCUT2D eigenvalue weighted by atomic mass is 10.1. The molecule has 1 saturated heterocycles. The summed E-state index contributed by atoms with van der Waals surface area (Å²) in [6.45, 7) is 13.8. The molecule has 1 aromatic carbocycles. The Bertz CT molecular complexity index is 448. The fourth-order valence-corrected chi connectivity index (χ4v) is 2.55. The first kappa shape index (κ1) is 13.9. The van der Waals surface area contributed by atoms with E-state index in [9.17, 15) is 0 Å². The number of methoxy groups -OCH3 is 1. The zero-order valence-corrected chi connectivity index (χ0v) is 12.3. The number of benzene rings is 1. The molecule has 0 bridgehead atoms. The van der Waals surface area contributed by atoms with Crippen molar-refractivity contribution < 1.29 is 4.74 Å². The van der Waals surface area contributed by atoms with Crippen LogP contribution in [0.3, 0.4) is 0 Å². The fraction of sp³-hybridized carbons (Fsp3) is 0.500. The second-order valence-electron chi connectivity index (χ2n) is 5.09. The highest BCUT2D eigenvalue weighted by Gasteiger charge is 2.17. The Hall–Kier alpha value is -1.48. The van der Waals surface area contributed by atoms with E-state index in [0.29, 0.717) is 0 Å². The van der Waals surface area contributed by atoms with Gasteiger partial charge in [-0.3, -0.25) is 0 Å². The van der Waals surface area contributed by atoms with Crippen molar-refractivity contribution in [3.63, 3.8) is 0 Å². The number of likely N-dealkylation sites (N-methyl/N-ethyl adjacent to an activating group) is 1. The Kier molecular flexibility index (Phi) is 4.48. The molecule has 0 N–H and O–H groups in total. The number of hydrogen-bond acceptors (Lipinski definition) is 3. The van der Waals surface area contributed by atoms with Crippen LogP contribution in [0, 0.1) is 0 Å². The van der Waals surface area contributed by atoms with Crippen LogP contribution in [0.15, 0.2) is 24.8 Å². The van der Waals surface area contributed by atoms with Crippen molar-refractivity contribution in [1.29, 1.82) is 0 Å². The molecule has 2 rings (SSSR count). The predicted molar refractivity (Wildman–Crippen MR) is 82.0 cm³/mol. The van der Waals surface area contributed by atoms with E-state index in [4.69, 9.17) is 4.74 Å². The molecule has 1 heterocycles. The predicted octanol–water partition coefficient (Wildman–Crippen LogP) is 2.87. The quantitative estimate of drug-likeness (QED) is 0.828. The summed E-state index contributed by atoms with van der Waals surface area (Å²) in [7, 11) is 1.72. The summed E-state index contributed by atoms with van der Waals surface area (Å²) in [5.74, 6) is 0.919. The zero-order valence-electron chi connectivity index (χ0n) is 12.3. The van der Waals surface area contributed by atoms with E-state index >= 15 is 0 Å². The maximum Gasteiger partial charge on any atom is 0.128 e. The van der Waals surface area contributed by atoms with Gasteiger partial charge < -0.3 is 14.5 Å². The first-order valence-corrected chi connectivity index (χ1v) is 6.97. The van der Waals surface area contributed by atoms with Crippen molar-refractivity contribution in [2.75, 3.05) is 44.7 Å². The van der Waals surface area contributed by atoms with Gasteiger partial charge in [0.05, 0.1) is 7.11 Å². The van der Waals surface area contributed by atoms with Gasteiger partial charge in [-0.1, -0.05) is 13.5 Å². The standard InChI is InChI=1S/C16H24N2O/c1-5-17-8-10-18(11-9-17)14-6-7-15(13(2)3)16(12-14)19-4/h6-7,12H,2,5,8-11H2,1,3-4H3. The molecule has 0 saturated carbocycles. The Labute approximate surface area is 116 Å². The zero-order chi connectivity index (χ0) is 13.8. The largest absolute Gasteiger partial charge is 0.496 e. The smallest absolute Gasteiger partial charge is 0.128 e. The van der Waals surface area contributed by atoms with E-state index < -0.39 is 0 Å². The van der Waals surface area contributed by atoms with Gasteiger partial charge >= 0.3 is 0 Å². The number of nitrogens with zero attached hydrogens (tertiary/aromatic N) is 2. The molecule has 19 heavy (non-hydrogen) atoms. The highest BCUT2D eigenvalue weighted by Crippen LogP contribution is 2.30. The van der Waals surface area contributed by atoms with E-state index in [1.54, 1.807) is 7.11 Å². The monoisotopic (exact) mass is 260 g/mol. The van der Waals surface area contributed by atoms with Gasteiger partial charge in [0.2, 0.25) is 0 Å². The SMILES string of the molecule is C=C(C)c1ccc(N2CCN(CC)CC2)cc1OC. The minimum atomic E-state index is 0.919. The molecule has 104 valence electrons. The molecular formula is C16H24N2O. The molecule has 0 radical (unpaired) electrons. The third-order valence-electron chi connectivity index (χ3n) is 3.83. The van der Waals surface area contributed by atoms with Crippen LogP contribution in [0.4, 0.5) is 5.69 Å². The van der Waals surface area contributed by atoms with Gasteiger partial charge in [0.1, 0.15) is 5.75 Å². The number of ether oxygens (including phenoxy) is 1.